The van der Waals surface area contributed by atoms with E-state index in [-0.39, 0.29) is 5.75 Å². The van der Waals surface area contributed by atoms with Gasteiger partial charge in [0.1, 0.15) is 11.3 Å². The first kappa shape index (κ1) is 11.4. The lowest BCUT2D eigenvalue weighted by Crippen LogP contribution is -2.09. The molecule has 0 radical (unpaired) electrons. The molecular formula is C13H11N3O3. The SMILES string of the molecule is NNc1cc2oc(=O)c3cc(O)ccc3c2cc1N. The number of phenolic OH excluding ortho intramolecular Hbond substituents is 1. The zero-order valence-electron chi connectivity index (χ0n) is 9.81. The van der Waals surface area contributed by atoms with Gasteiger partial charge in [0, 0.05) is 16.8 Å². The van der Waals surface area contributed by atoms with E-state index in [0.717, 1.165) is 0 Å². The largest absolute Gasteiger partial charge is 0.508 e. The number of nitrogens with one attached hydrogen (secondary N) is 1. The number of anilines is 2. The fourth-order valence-electron chi connectivity index (χ4n) is 2.11. The van der Waals surface area contributed by atoms with E-state index in [0.29, 0.717) is 33.1 Å². The number of nitrogen functional groups attached to an aromatic ring is 2. The van der Waals surface area contributed by atoms with Crippen molar-refractivity contribution in [3.05, 3.63) is 40.8 Å². The van der Waals surface area contributed by atoms with E-state index in [1.54, 1.807) is 18.2 Å². The summed E-state index contributed by atoms with van der Waals surface area (Å²) in [6.45, 7) is 0. The maximum absolute atomic E-state index is 11.9. The minimum Gasteiger partial charge on any atom is -0.508 e. The quantitative estimate of drug-likeness (QED) is 0.173. The molecule has 0 unspecified atom stereocenters. The van der Waals surface area contributed by atoms with Gasteiger partial charge >= 0.3 is 5.63 Å². The smallest absolute Gasteiger partial charge is 0.344 e. The Morgan fingerprint density at radius 2 is 1.89 bits per heavy atom. The number of hydrogen-bond donors (Lipinski definition) is 4. The van der Waals surface area contributed by atoms with Crippen molar-refractivity contribution in [1.29, 1.82) is 0 Å². The van der Waals surface area contributed by atoms with Gasteiger partial charge in [0.15, 0.2) is 0 Å². The normalized spacial score (nSPS) is 11.0. The molecule has 3 aromatic rings. The van der Waals surface area contributed by atoms with Crippen molar-refractivity contribution in [2.75, 3.05) is 11.2 Å². The molecule has 0 fully saturated rings. The average Bonchev–Trinajstić information content (AvgIpc) is 2.39. The number of fused-ring (bicyclic) bond motifs is 3. The third-order valence-electron chi connectivity index (χ3n) is 3.02. The summed E-state index contributed by atoms with van der Waals surface area (Å²) in [4.78, 5) is 11.9. The number of nitrogens with two attached hydrogens (primary N) is 2. The van der Waals surface area contributed by atoms with E-state index in [1.165, 1.54) is 12.1 Å². The van der Waals surface area contributed by atoms with Gasteiger partial charge < -0.3 is 20.7 Å². The topological polar surface area (TPSA) is 115 Å². The molecule has 0 aliphatic carbocycles. The number of phenols is 1. The van der Waals surface area contributed by atoms with Crippen LogP contribution in [0.5, 0.6) is 5.75 Å². The standard InChI is InChI=1S/C13H11N3O3/c14-10-4-8-7-2-1-6(17)3-9(7)13(18)19-12(8)5-11(10)16-15/h1-5,16-17H,14-15H2. The van der Waals surface area contributed by atoms with Crippen LogP contribution in [0.1, 0.15) is 0 Å². The van der Waals surface area contributed by atoms with E-state index < -0.39 is 5.63 Å². The molecule has 1 heterocycles. The first-order valence-corrected chi connectivity index (χ1v) is 5.56. The lowest BCUT2D eigenvalue weighted by Gasteiger charge is -2.08. The van der Waals surface area contributed by atoms with Crippen molar-refractivity contribution in [1.82, 2.24) is 0 Å². The van der Waals surface area contributed by atoms with E-state index in [2.05, 4.69) is 5.43 Å². The van der Waals surface area contributed by atoms with Crippen LogP contribution < -0.4 is 22.6 Å². The lowest BCUT2D eigenvalue weighted by atomic mass is 10.1. The van der Waals surface area contributed by atoms with Crippen LogP contribution in [-0.2, 0) is 0 Å². The fourth-order valence-corrected chi connectivity index (χ4v) is 2.11. The minimum absolute atomic E-state index is 0.00682. The van der Waals surface area contributed by atoms with Crippen LogP contribution in [0.4, 0.5) is 11.4 Å². The molecule has 6 N–H and O–H groups in total. The Bertz CT molecular complexity index is 855. The average molecular weight is 257 g/mol. The highest BCUT2D eigenvalue weighted by atomic mass is 16.4. The lowest BCUT2D eigenvalue weighted by molar-refractivity contribution is 0.475. The summed E-state index contributed by atoms with van der Waals surface area (Å²) in [5.74, 6) is 5.34. The molecule has 6 nitrogen and oxygen atoms in total. The third-order valence-corrected chi connectivity index (χ3v) is 3.02. The van der Waals surface area contributed by atoms with Gasteiger partial charge in [-0.2, -0.15) is 0 Å². The number of benzene rings is 2. The zero-order chi connectivity index (χ0) is 13.6. The second-order valence-corrected chi connectivity index (χ2v) is 4.20. The summed E-state index contributed by atoms with van der Waals surface area (Å²) in [7, 11) is 0. The molecule has 0 saturated carbocycles. The summed E-state index contributed by atoms with van der Waals surface area (Å²) in [5.41, 5.74) is 9.06. The molecule has 3 rings (SSSR count). The molecule has 6 heteroatoms. The Morgan fingerprint density at radius 3 is 2.63 bits per heavy atom. The predicted octanol–water partition coefficient (Wildman–Crippen LogP) is 1.52. The molecule has 19 heavy (non-hydrogen) atoms. The van der Waals surface area contributed by atoms with Crippen LogP contribution in [0.15, 0.2) is 39.5 Å². The summed E-state index contributed by atoms with van der Waals surface area (Å²) < 4.78 is 5.21. The Labute approximate surface area is 107 Å². The number of hydrogen-bond acceptors (Lipinski definition) is 6. The van der Waals surface area contributed by atoms with E-state index in [4.69, 9.17) is 16.0 Å². The maximum Gasteiger partial charge on any atom is 0.344 e. The Balaban J connectivity index is 2.53. The third kappa shape index (κ3) is 1.66. The van der Waals surface area contributed by atoms with Crippen LogP contribution in [0, 0.1) is 0 Å². The van der Waals surface area contributed by atoms with Gasteiger partial charge in [-0.05, 0) is 24.3 Å². The minimum atomic E-state index is -0.522. The maximum atomic E-state index is 11.9. The van der Waals surface area contributed by atoms with Gasteiger partial charge in [0.2, 0.25) is 0 Å². The zero-order valence-corrected chi connectivity index (χ0v) is 9.81. The molecule has 2 aromatic carbocycles. The van der Waals surface area contributed by atoms with Crippen LogP contribution >= 0.6 is 0 Å². The van der Waals surface area contributed by atoms with Crippen molar-refractivity contribution in [3.8, 4) is 5.75 Å². The van der Waals surface area contributed by atoms with Gasteiger partial charge in [0.05, 0.1) is 16.8 Å². The molecule has 0 saturated heterocycles. The molecule has 0 atom stereocenters. The van der Waals surface area contributed by atoms with Crippen molar-refractivity contribution in [2.24, 2.45) is 5.84 Å². The molecular weight excluding hydrogens is 246 g/mol. The van der Waals surface area contributed by atoms with Crippen molar-refractivity contribution in [3.63, 3.8) is 0 Å². The van der Waals surface area contributed by atoms with Gasteiger partial charge in [-0.15, -0.1) is 0 Å². The number of rotatable bonds is 1. The van der Waals surface area contributed by atoms with Crippen LogP contribution in [0.3, 0.4) is 0 Å². The number of aromatic hydroxyl groups is 1. The highest BCUT2D eigenvalue weighted by Crippen LogP contribution is 2.30. The summed E-state index contributed by atoms with van der Waals surface area (Å²) in [5, 5.41) is 11.1. The van der Waals surface area contributed by atoms with Crippen molar-refractivity contribution in [2.45, 2.75) is 0 Å². The fraction of sp³-hybridized carbons (Fsp3) is 0. The van der Waals surface area contributed by atoms with Crippen LogP contribution in [0.2, 0.25) is 0 Å². The Morgan fingerprint density at radius 1 is 1.11 bits per heavy atom. The van der Waals surface area contributed by atoms with E-state index in [9.17, 15) is 9.90 Å². The first-order valence-electron chi connectivity index (χ1n) is 5.56. The number of hydrazine groups is 1. The Kier molecular flexibility index (Phi) is 2.33. The summed E-state index contributed by atoms with van der Waals surface area (Å²) in [6, 6.07) is 7.77. The van der Waals surface area contributed by atoms with Crippen LogP contribution in [0.25, 0.3) is 21.7 Å². The van der Waals surface area contributed by atoms with E-state index in [1.807, 2.05) is 0 Å². The molecule has 0 spiro atoms. The van der Waals surface area contributed by atoms with Gasteiger partial charge in [-0.1, -0.05) is 0 Å². The molecule has 1 aromatic heterocycles. The van der Waals surface area contributed by atoms with E-state index >= 15 is 0 Å². The molecule has 0 amide bonds. The second kappa shape index (κ2) is 3.89. The summed E-state index contributed by atoms with van der Waals surface area (Å²) in [6.07, 6.45) is 0. The monoisotopic (exact) mass is 257 g/mol. The highest BCUT2D eigenvalue weighted by molar-refractivity contribution is 6.07. The van der Waals surface area contributed by atoms with Crippen LogP contribution in [-0.4, -0.2) is 5.11 Å². The Hall–Kier alpha value is -2.73. The first-order chi connectivity index (χ1) is 9.10. The summed E-state index contributed by atoms with van der Waals surface area (Å²) >= 11 is 0. The molecule has 0 bridgehead atoms. The van der Waals surface area contributed by atoms with Crippen molar-refractivity contribution < 1.29 is 9.52 Å². The van der Waals surface area contributed by atoms with Gasteiger partial charge in [-0.25, -0.2) is 4.79 Å². The van der Waals surface area contributed by atoms with Crippen molar-refractivity contribution >= 4 is 33.1 Å². The highest BCUT2D eigenvalue weighted by Gasteiger charge is 2.10. The second-order valence-electron chi connectivity index (χ2n) is 4.20. The molecule has 0 aliphatic heterocycles. The van der Waals surface area contributed by atoms with Gasteiger partial charge in [0.25, 0.3) is 0 Å². The molecule has 0 aliphatic rings. The molecule has 96 valence electrons. The predicted molar refractivity (Wildman–Crippen MR) is 73.9 cm³/mol. The van der Waals surface area contributed by atoms with Gasteiger partial charge in [-0.3, -0.25) is 5.84 Å².